The lowest BCUT2D eigenvalue weighted by Gasteiger charge is -2.29. The predicted octanol–water partition coefficient (Wildman–Crippen LogP) is 2.36. The van der Waals surface area contributed by atoms with E-state index in [4.69, 9.17) is 0 Å². The van der Waals surface area contributed by atoms with Crippen molar-refractivity contribution in [1.82, 2.24) is 5.32 Å². The number of carbonyl (C=O) groups excluding carboxylic acids is 3. The van der Waals surface area contributed by atoms with Gasteiger partial charge in [-0.3, -0.25) is 19.7 Å². The summed E-state index contributed by atoms with van der Waals surface area (Å²) in [5.41, 5.74) is 0.804. The topological polar surface area (TPSA) is 78.5 Å². The van der Waals surface area contributed by atoms with E-state index in [9.17, 15) is 14.4 Å². The SMILES string of the molecule is CSCC[C@@H]1N[C@@]2(C(=O)Nc3ccccc32)[C@@H]2C(=O)N(c3ccccc3)C(=O)[C@H]12. The number of hydrogen-bond donors (Lipinski definition) is 2. The molecule has 29 heavy (non-hydrogen) atoms. The van der Waals surface area contributed by atoms with Crippen LogP contribution >= 0.6 is 11.8 Å². The first-order valence-corrected chi connectivity index (χ1v) is 11.1. The van der Waals surface area contributed by atoms with Crippen molar-refractivity contribution in [2.24, 2.45) is 11.8 Å². The van der Waals surface area contributed by atoms with Gasteiger partial charge < -0.3 is 5.32 Å². The molecule has 3 aliphatic heterocycles. The molecule has 148 valence electrons. The van der Waals surface area contributed by atoms with Gasteiger partial charge in [0.15, 0.2) is 0 Å². The number of hydrogen-bond acceptors (Lipinski definition) is 5. The lowest BCUT2D eigenvalue weighted by Crippen LogP contribution is -2.53. The monoisotopic (exact) mass is 407 g/mol. The summed E-state index contributed by atoms with van der Waals surface area (Å²) in [6.07, 6.45) is 2.72. The van der Waals surface area contributed by atoms with Gasteiger partial charge in [-0.1, -0.05) is 36.4 Å². The first-order chi connectivity index (χ1) is 14.1. The van der Waals surface area contributed by atoms with E-state index in [1.54, 1.807) is 36.0 Å². The number of nitrogens with one attached hydrogen (secondary N) is 2. The van der Waals surface area contributed by atoms with Gasteiger partial charge in [0.25, 0.3) is 0 Å². The highest BCUT2D eigenvalue weighted by molar-refractivity contribution is 7.98. The summed E-state index contributed by atoms with van der Waals surface area (Å²) < 4.78 is 0. The van der Waals surface area contributed by atoms with Crippen LogP contribution in [0.25, 0.3) is 0 Å². The van der Waals surface area contributed by atoms with Crippen LogP contribution in [0.4, 0.5) is 11.4 Å². The molecule has 2 N–H and O–H groups in total. The lowest BCUT2D eigenvalue weighted by atomic mass is 9.76. The van der Waals surface area contributed by atoms with E-state index in [2.05, 4.69) is 10.6 Å². The van der Waals surface area contributed by atoms with E-state index in [1.165, 1.54) is 4.90 Å². The van der Waals surface area contributed by atoms with Crippen molar-refractivity contribution in [1.29, 1.82) is 0 Å². The zero-order chi connectivity index (χ0) is 20.2. The number of para-hydroxylation sites is 2. The molecule has 0 saturated carbocycles. The van der Waals surface area contributed by atoms with Crippen LogP contribution in [0.5, 0.6) is 0 Å². The number of thioether (sulfide) groups is 1. The highest BCUT2D eigenvalue weighted by Crippen LogP contribution is 2.53. The molecular weight excluding hydrogens is 386 g/mol. The standard InChI is InChI=1S/C22H21N3O3S/c1-29-12-11-16-17-18(20(27)25(19(17)26)13-7-3-2-4-8-13)22(24-16)14-9-5-6-10-15(14)23-21(22)28/h2-10,16-18,24H,11-12H2,1H3,(H,23,28)/t16-,17+,18-,22+/m0/s1. The Labute approximate surface area is 173 Å². The molecule has 2 aromatic rings. The van der Waals surface area contributed by atoms with E-state index in [1.807, 2.05) is 36.6 Å². The third-order valence-electron chi connectivity index (χ3n) is 6.27. The van der Waals surface area contributed by atoms with Gasteiger partial charge in [0.1, 0.15) is 5.54 Å². The third kappa shape index (κ3) is 2.44. The van der Waals surface area contributed by atoms with Crippen LogP contribution in [0, 0.1) is 11.8 Å². The summed E-state index contributed by atoms with van der Waals surface area (Å²) in [7, 11) is 0. The molecule has 4 atom stereocenters. The van der Waals surface area contributed by atoms with E-state index >= 15 is 0 Å². The Bertz CT molecular complexity index is 1010. The van der Waals surface area contributed by atoms with Crippen molar-refractivity contribution < 1.29 is 14.4 Å². The van der Waals surface area contributed by atoms with Crippen LogP contribution in [-0.2, 0) is 19.9 Å². The maximum atomic E-state index is 13.6. The first-order valence-electron chi connectivity index (χ1n) is 9.70. The van der Waals surface area contributed by atoms with E-state index in [0.717, 1.165) is 11.3 Å². The highest BCUT2D eigenvalue weighted by Gasteiger charge is 2.70. The molecule has 3 heterocycles. The average Bonchev–Trinajstić information content (AvgIpc) is 3.32. The van der Waals surface area contributed by atoms with Crippen molar-refractivity contribution in [2.75, 3.05) is 22.2 Å². The largest absolute Gasteiger partial charge is 0.324 e. The van der Waals surface area contributed by atoms with Crippen LogP contribution in [0.2, 0.25) is 0 Å². The highest BCUT2D eigenvalue weighted by atomic mass is 32.2. The molecule has 2 aromatic carbocycles. The van der Waals surface area contributed by atoms with Crippen LogP contribution in [-0.4, -0.2) is 35.8 Å². The molecule has 5 rings (SSSR count). The average molecular weight is 407 g/mol. The Morgan fingerprint density at radius 3 is 2.48 bits per heavy atom. The molecule has 3 amide bonds. The number of benzene rings is 2. The number of rotatable bonds is 4. The molecule has 0 radical (unpaired) electrons. The molecule has 7 heteroatoms. The third-order valence-corrected chi connectivity index (χ3v) is 6.91. The molecule has 2 fully saturated rings. The number of amides is 3. The second-order valence-corrected chi connectivity index (χ2v) is 8.68. The normalized spacial score (nSPS) is 30.0. The van der Waals surface area contributed by atoms with Gasteiger partial charge in [-0.05, 0) is 36.6 Å². The summed E-state index contributed by atoms with van der Waals surface area (Å²) >= 11 is 1.69. The van der Waals surface area contributed by atoms with Crippen molar-refractivity contribution in [3.05, 3.63) is 60.2 Å². The molecule has 1 spiro atoms. The maximum absolute atomic E-state index is 13.6. The molecule has 0 bridgehead atoms. The lowest BCUT2D eigenvalue weighted by molar-refractivity contribution is -0.130. The van der Waals surface area contributed by atoms with Crippen LogP contribution < -0.4 is 15.5 Å². The smallest absolute Gasteiger partial charge is 0.250 e. The summed E-state index contributed by atoms with van der Waals surface area (Å²) in [4.78, 5) is 41.6. The van der Waals surface area contributed by atoms with Gasteiger partial charge in [0.2, 0.25) is 17.7 Å². The Morgan fingerprint density at radius 2 is 1.72 bits per heavy atom. The van der Waals surface area contributed by atoms with Gasteiger partial charge in [0.05, 0.1) is 17.5 Å². The second kappa shape index (κ2) is 6.71. The van der Waals surface area contributed by atoms with Gasteiger partial charge in [-0.25, -0.2) is 4.90 Å². The number of anilines is 2. The maximum Gasteiger partial charge on any atom is 0.250 e. The van der Waals surface area contributed by atoms with Crippen LogP contribution in [0.3, 0.4) is 0 Å². The molecule has 0 unspecified atom stereocenters. The van der Waals surface area contributed by atoms with Crippen molar-refractivity contribution in [3.8, 4) is 0 Å². The fraction of sp³-hybridized carbons (Fsp3) is 0.318. The Balaban J connectivity index is 1.65. The zero-order valence-electron chi connectivity index (χ0n) is 15.9. The van der Waals surface area contributed by atoms with Gasteiger partial charge in [0, 0.05) is 17.3 Å². The summed E-state index contributed by atoms with van der Waals surface area (Å²) in [5.74, 6) is -1.27. The molecule has 3 aliphatic rings. The van der Waals surface area contributed by atoms with Crippen LogP contribution in [0.15, 0.2) is 54.6 Å². The van der Waals surface area contributed by atoms with Crippen molar-refractivity contribution in [3.63, 3.8) is 0 Å². The van der Waals surface area contributed by atoms with E-state index in [0.29, 0.717) is 17.8 Å². The quantitative estimate of drug-likeness (QED) is 0.761. The number of nitrogens with zero attached hydrogens (tertiary/aromatic N) is 1. The minimum atomic E-state index is -1.21. The van der Waals surface area contributed by atoms with E-state index in [-0.39, 0.29) is 23.8 Å². The molecular formula is C22H21N3O3S. The van der Waals surface area contributed by atoms with Crippen molar-refractivity contribution >= 4 is 40.9 Å². The summed E-state index contributed by atoms with van der Waals surface area (Å²) in [6, 6.07) is 16.2. The van der Waals surface area contributed by atoms with Gasteiger partial charge in [-0.2, -0.15) is 11.8 Å². The van der Waals surface area contributed by atoms with Crippen molar-refractivity contribution in [2.45, 2.75) is 18.0 Å². The zero-order valence-corrected chi connectivity index (χ0v) is 16.7. The number of imide groups is 1. The minimum Gasteiger partial charge on any atom is -0.324 e. The fourth-order valence-electron chi connectivity index (χ4n) is 5.08. The van der Waals surface area contributed by atoms with Crippen LogP contribution in [0.1, 0.15) is 12.0 Å². The summed E-state index contributed by atoms with van der Waals surface area (Å²) in [5, 5.41) is 6.37. The summed E-state index contributed by atoms with van der Waals surface area (Å²) in [6.45, 7) is 0. The molecule has 2 saturated heterocycles. The Morgan fingerprint density at radius 1 is 1.00 bits per heavy atom. The fourth-order valence-corrected chi connectivity index (χ4v) is 5.57. The predicted molar refractivity (Wildman–Crippen MR) is 113 cm³/mol. The number of carbonyl (C=O) groups is 3. The molecule has 6 nitrogen and oxygen atoms in total. The minimum absolute atomic E-state index is 0.223. The van der Waals surface area contributed by atoms with Gasteiger partial charge >= 0.3 is 0 Å². The molecule has 0 aromatic heterocycles. The van der Waals surface area contributed by atoms with E-state index < -0.39 is 17.4 Å². The Kier molecular flexibility index (Phi) is 4.26. The molecule has 0 aliphatic carbocycles. The second-order valence-electron chi connectivity index (χ2n) is 7.69. The van der Waals surface area contributed by atoms with Gasteiger partial charge in [-0.15, -0.1) is 0 Å². The Hall–Kier alpha value is -2.64. The first kappa shape index (κ1) is 18.4. The number of fused-ring (bicyclic) bond motifs is 4.